The second kappa shape index (κ2) is 5.73. The van der Waals surface area contributed by atoms with Crippen LogP contribution in [0, 0.1) is 17.3 Å². The van der Waals surface area contributed by atoms with Crippen LogP contribution in [0.15, 0.2) is 60.4 Å². The van der Waals surface area contributed by atoms with E-state index in [0.29, 0.717) is 0 Å². The number of ether oxygens (including phenoxy) is 1. The van der Waals surface area contributed by atoms with Gasteiger partial charge in [-0.3, -0.25) is 0 Å². The van der Waals surface area contributed by atoms with Gasteiger partial charge in [-0.15, -0.1) is 0 Å². The van der Waals surface area contributed by atoms with Crippen LogP contribution in [-0.4, -0.2) is 0 Å². The molecule has 0 amide bonds. The Bertz CT molecular complexity index is 752. The minimum absolute atomic E-state index is 0.0276. The summed E-state index contributed by atoms with van der Waals surface area (Å²) < 4.78 is 6.19. The molecular formula is C21H20O. The third-order valence-corrected chi connectivity index (χ3v) is 3.67. The summed E-state index contributed by atoms with van der Waals surface area (Å²) >= 11 is 0. The molecule has 1 heteroatoms. The van der Waals surface area contributed by atoms with Crippen LogP contribution in [0.4, 0.5) is 0 Å². The Balaban J connectivity index is 1.99. The maximum absolute atomic E-state index is 6.19. The van der Waals surface area contributed by atoms with Crippen molar-refractivity contribution in [2.45, 2.75) is 26.9 Å². The van der Waals surface area contributed by atoms with Gasteiger partial charge in [-0.05, 0) is 29.7 Å². The molecule has 1 heterocycles. The summed E-state index contributed by atoms with van der Waals surface area (Å²) in [5.74, 6) is 7.49. The summed E-state index contributed by atoms with van der Waals surface area (Å²) in [6.45, 7) is 6.48. The first-order valence-corrected chi connectivity index (χ1v) is 7.58. The van der Waals surface area contributed by atoms with Gasteiger partial charge >= 0.3 is 0 Å². The van der Waals surface area contributed by atoms with Gasteiger partial charge in [-0.2, -0.15) is 0 Å². The van der Waals surface area contributed by atoms with E-state index in [1.807, 2.05) is 36.4 Å². The minimum atomic E-state index is -0.212. The van der Waals surface area contributed by atoms with Crippen molar-refractivity contribution in [2.24, 2.45) is 5.41 Å². The van der Waals surface area contributed by atoms with Crippen LogP contribution in [0.2, 0.25) is 0 Å². The van der Waals surface area contributed by atoms with Gasteiger partial charge < -0.3 is 4.74 Å². The van der Waals surface area contributed by atoms with Gasteiger partial charge in [0.25, 0.3) is 0 Å². The molecule has 1 aliphatic rings. The van der Waals surface area contributed by atoms with Gasteiger partial charge in [0.1, 0.15) is 5.76 Å². The average Bonchev–Trinajstić information content (AvgIpc) is 2.52. The van der Waals surface area contributed by atoms with Crippen molar-refractivity contribution in [3.63, 3.8) is 0 Å². The zero-order chi connectivity index (χ0) is 15.6. The fourth-order valence-electron chi connectivity index (χ4n) is 2.42. The van der Waals surface area contributed by atoms with Crippen LogP contribution in [0.1, 0.15) is 43.6 Å². The van der Waals surface area contributed by atoms with Gasteiger partial charge in [-0.25, -0.2) is 0 Å². The standard InChI is InChI=1S/C21H20O/c1-21(2,3)20-15-17-11-7-8-12-18(17)19(22-20)14-13-16-9-5-4-6-10-16/h4-12,15,19H,1-3H3. The van der Waals surface area contributed by atoms with Gasteiger partial charge in [-0.1, -0.05) is 69.2 Å². The van der Waals surface area contributed by atoms with E-state index in [2.05, 4.69) is 56.9 Å². The molecule has 0 fully saturated rings. The molecule has 1 nitrogen and oxygen atoms in total. The predicted octanol–water partition coefficient (Wildman–Crippen LogP) is 5.20. The van der Waals surface area contributed by atoms with E-state index < -0.39 is 0 Å². The Kier molecular flexibility index (Phi) is 3.77. The molecule has 22 heavy (non-hydrogen) atoms. The van der Waals surface area contributed by atoms with Crippen molar-refractivity contribution >= 4 is 6.08 Å². The van der Waals surface area contributed by atoms with Crippen molar-refractivity contribution in [1.82, 2.24) is 0 Å². The highest BCUT2D eigenvalue weighted by Crippen LogP contribution is 2.38. The summed E-state index contributed by atoms with van der Waals surface area (Å²) in [4.78, 5) is 0. The highest BCUT2D eigenvalue weighted by atomic mass is 16.5. The highest BCUT2D eigenvalue weighted by molar-refractivity contribution is 5.60. The summed E-state index contributed by atoms with van der Waals surface area (Å²) in [6, 6.07) is 18.3. The zero-order valence-electron chi connectivity index (χ0n) is 13.3. The molecule has 2 aromatic rings. The largest absolute Gasteiger partial charge is 0.477 e. The van der Waals surface area contributed by atoms with E-state index in [4.69, 9.17) is 4.74 Å². The fourth-order valence-corrected chi connectivity index (χ4v) is 2.42. The molecule has 0 N–H and O–H groups in total. The topological polar surface area (TPSA) is 9.23 Å². The number of allylic oxidation sites excluding steroid dienone is 1. The second-order valence-electron chi connectivity index (χ2n) is 6.52. The number of rotatable bonds is 0. The highest BCUT2D eigenvalue weighted by Gasteiger charge is 2.27. The lowest BCUT2D eigenvalue weighted by atomic mass is 9.88. The molecule has 0 radical (unpaired) electrons. The Morgan fingerprint density at radius 2 is 1.59 bits per heavy atom. The summed E-state index contributed by atoms with van der Waals surface area (Å²) in [5.41, 5.74) is 3.32. The number of hydrogen-bond acceptors (Lipinski definition) is 1. The van der Waals surface area contributed by atoms with Gasteiger partial charge in [0.15, 0.2) is 6.10 Å². The molecule has 0 aliphatic carbocycles. The first-order chi connectivity index (χ1) is 10.5. The summed E-state index contributed by atoms with van der Waals surface area (Å²) in [7, 11) is 0. The number of fused-ring (bicyclic) bond motifs is 1. The smallest absolute Gasteiger partial charge is 0.184 e. The quantitative estimate of drug-likeness (QED) is 0.606. The lowest BCUT2D eigenvalue weighted by Crippen LogP contribution is -2.18. The predicted molar refractivity (Wildman–Crippen MR) is 91.0 cm³/mol. The Labute approximate surface area is 132 Å². The molecule has 0 spiro atoms. The lowest BCUT2D eigenvalue weighted by molar-refractivity contribution is 0.112. The number of benzene rings is 2. The number of hydrogen-bond donors (Lipinski definition) is 0. The molecule has 1 aliphatic heterocycles. The third-order valence-electron chi connectivity index (χ3n) is 3.67. The molecule has 2 aromatic carbocycles. The van der Waals surface area contributed by atoms with Crippen molar-refractivity contribution in [3.05, 3.63) is 77.0 Å². The lowest BCUT2D eigenvalue weighted by Gasteiger charge is -2.30. The normalized spacial score (nSPS) is 16.7. The molecule has 0 saturated heterocycles. The van der Waals surface area contributed by atoms with Gasteiger partial charge in [0.05, 0.1) is 0 Å². The van der Waals surface area contributed by atoms with E-state index >= 15 is 0 Å². The van der Waals surface area contributed by atoms with Crippen LogP contribution >= 0.6 is 0 Å². The summed E-state index contributed by atoms with van der Waals surface area (Å²) in [6.07, 6.45) is 1.92. The van der Waals surface area contributed by atoms with Crippen LogP contribution in [0.25, 0.3) is 6.08 Å². The SMILES string of the molecule is CC(C)(C)C1=Cc2ccccc2C(C#Cc2ccccc2)O1. The molecule has 3 rings (SSSR count). The zero-order valence-corrected chi connectivity index (χ0v) is 13.3. The van der Waals surface area contributed by atoms with E-state index in [-0.39, 0.29) is 11.5 Å². The average molecular weight is 288 g/mol. The molecule has 0 aromatic heterocycles. The van der Waals surface area contributed by atoms with E-state index in [1.165, 1.54) is 5.56 Å². The van der Waals surface area contributed by atoms with Crippen LogP contribution < -0.4 is 0 Å². The van der Waals surface area contributed by atoms with E-state index in [0.717, 1.165) is 16.9 Å². The third kappa shape index (κ3) is 3.07. The van der Waals surface area contributed by atoms with Crippen LogP contribution in [0.3, 0.4) is 0 Å². The van der Waals surface area contributed by atoms with Gasteiger partial charge in [0.2, 0.25) is 0 Å². The molecule has 0 saturated carbocycles. The fraction of sp³-hybridized carbons (Fsp3) is 0.238. The monoisotopic (exact) mass is 288 g/mol. The van der Waals surface area contributed by atoms with Crippen molar-refractivity contribution in [1.29, 1.82) is 0 Å². The van der Waals surface area contributed by atoms with Crippen LogP contribution in [0.5, 0.6) is 0 Å². The Hall–Kier alpha value is -2.46. The van der Waals surface area contributed by atoms with Crippen LogP contribution in [-0.2, 0) is 4.74 Å². The second-order valence-corrected chi connectivity index (χ2v) is 6.52. The molecule has 0 bridgehead atoms. The molecule has 1 atom stereocenters. The van der Waals surface area contributed by atoms with E-state index in [9.17, 15) is 0 Å². The Morgan fingerprint density at radius 3 is 2.32 bits per heavy atom. The maximum atomic E-state index is 6.19. The van der Waals surface area contributed by atoms with Crippen molar-refractivity contribution in [3.8, 4) is 11.8 Å². The maximum Gasteiger partial charge on any atom is 0.184 e. The Morgan fingerprint density at radius 1 is 0.909 bits per heavy atom. The summed E-state index contributed by atoms with van der Waals surface area (Å²) in [5, 5.41) is 0. The first kappa shape index (κ1) is 14.5. The van der Waals surface area contributed by atoms with E-state index in [1.54, 1.807) is 0 Å². The van der Waals surface area contributed by atoms with Crippen molar-refractivity contribution in [2.75, 3.05) is 0 Å². The first-order valence-electron chi connectivity index (χ1n) is 7.58. The minimum Gasteiger partial charge on any atom is -0.477 e. The molecule has 1 unspecified atom stereocenters. The molecule has 110 valence electrons. The van der Waals surface area contributed by atoms with Crippen molar-refractivity contribution < 1.29 is 4.74 Å². The molecular weight excluding hydrogens is 268 g/mol. The van der Waals surface area contributed by atoms with Gasteiger partial charge in [0, 0.05) is 16.5 Å².